The van der Waals surface area contributed by atoms with Gasteiger partial charge in [0.1, 0.15) is 0 Å². The van der Waals surface area contributed by atoms with E-state index in [1.165, 1.54) is 5.56 Å². The Kier molecular flexibility index (Phi) is 4.44. The minimum atomic E-state index is -0.933. The topological polar surface area (TPSA) is 54.4 Å². The van der Waals surface area contributed by atoms with Crippen molar-refractivity contribution in [3.63, 3.8) is 0 Å². The highest BCUT2D eigenvalue weighted by atomic mass is 16.4. The lowest BCUT2D eigenvalue weighted by molar-refractivity contribution is -0.141. The molecule has 3 nitrogen and oxygen atoms in total. The van der Waals surface area contributed by atoms with Crippen LogP contribution in [0.2, 0.25) is 0 Å². The number of rotatable bonds is 5. The Labute approximate surface area is 101 Å². The molecule has 0 fully saturated rings. The van der Waals surface area contributed by atoms with E-state index in [4.69, 9.17) is 5.11 Å². The maximum Gasteiger partial charge on any atom is 0.306 e. The zero-order valence-corrected chi connectivity index (χ0v) is 10.4. The van der Waals surface area contributed by atoms with Crippen molar-refractivity contribution in [3.8, 4) is 0 Å². The molecule has 0 aliphatic heterocycles. The molecule has 0 radical (unpaired) electrons. The number of carbonyl (C=O) groups is 2. The van der Waals surface area contributed by atoms with Gasteiger partial charge in [0, 0.05) is 12.0 Å². The lowest BCUT2D eigenvalue weighted by atomic mass is 9.97. The molecule has 0 aromatic heterocycles. The molecule has 0 amide bonds. The van der Waals surface area contributed by atoms with Crippen molar-refractivity contribution < 1.29 is 14.7 Å². The van der Waals surface area contributed by atoms with Crippen molar-refractivity contribution >= 4 is 11.8 Å². The second-order valence-corrected chi connectivity index (χ2v) is 4.64. The van der Waals surface area contributed by atoms with Crippen molar-refractivity contribution in [2.24, 2.45) is 5.92 Å². The van der Waals surface area contributed by atoms with E-state index in [1.54, 1.807) is 19.1 Å². The third-order valence-electron chi connectivity index (χ3n) is 2.81. The molecule has 1 atom stereocenters. The lowest BCUT2D eigenvalue weighted by Gasteiger charge is -2.08. The lowest BCUT2D eigenvalue weighted by Crippen LogP contribution is -2.14. The second-order valence-electron chi connectivity index (χ2n) is 4.64. The highest BCUT2D eigenvalue weighted by Crippen LogP contribution is 2.16. The van der Waals surface area contributed by atoms with Crippen LogP contribution >= 0.6 is 0 Å². The highest BCUT2D eigenvalue weighted by molar-refractivity contribution is 5.97. The average Bonchev–Trinajstić information content (AvgIpc) is 2.28. The molecule has 17 heavy (non-hydrogen) atoms. The van der Waals surface area contributed by atoms with Gasteiger partial charge in [-0.15, -0.1) is 0 Å². The number of carboxylic acid groups (broad SMARTS) is 1. The second kappa shape index (κ2) is 5.62. The number of ketones is 1. The average molecular weight is 234 g/mol. The van der Waals surface area contributed by atoms with E-state index < -0.39 is 11.9 Å². The summed E-state index contributed by atoms with van der Waals surface area (Å²) < 4.78 is 0. The van der Waals surface area contributed by atoms with Crippen molar-refractivity contribution in [2.45, 2.75) is 33.1 Å². The van der Waals surface area contributed by atoms with Gasteiger partial charge in [-0.1, -0.05) is 45.0 Å². The van der Waals surface area contributed by atoms with Crippen molar-refractivity contribution in [2.75, 3.05) is 0 Å². The van der Waals surface area contributed by atoms with Crippen LogP contribution in [0, 0.1) is 5.92 Å². The summed E-state index contributed by atoms with van der Waals surface area (Å²) in [6.45, 7) is 5.72. The molecule has 0 aliphatic carbocycles. The molecule has 0 bridgehead atoms. The summed E-state index contributed by atoms with van der Waals surface area (Å²) in [5.41, 5.74) is 1.76. The number of hydrogen-bond acceptors (Lipinski definition) is 2. The van der Waals surface area contributed by atoms with E-state index in [2.05, 4.69) is 13.8 Å². The normalized spacial score (nSPS) is 12.5. The van der Waals surface area contributed by atoms with Gasteiger partial charge in [0.2, 0.25) is 0 Å². The van der Waals surface area contributed by atoms with Crippen molar-refractivity contribution in [1.82, 2.24) is 0 Å². The maximum atomic E-state index is 11.8. The van der Waals surface area contributed by atoms with E-state index in [9.17, 15) is 9.59 Å². The molecule has 1 rings (SSSR count). The Balaban J connectivity index is 2.73. The molecule has 1 aromatic rings. The molecule has 1 aromatic carbocycles. The molecule has 0 spiro atoms. The van der Waals surface area contributed by atoms with Crippen LogP contribution in [-0.4, -0.2) is 16.9 Å². The van der Waals surface area contributed by atoms with Crippen LogP contribution in [0.1, 0.15) is 49.0 Å². The van der Waals surface area contributed by atoms with Crippen LogP contribution < -0.4 is 0 Å². The van der Waals surface area contributed by atoms with Gasteiger partial charge in [0.25, 0.3) is 0 Å². The summed E-state index contributed by atoms with van der Waals surface area (Å²) >= 11 is 0. The molecule has 0 heterocycles. The monoisotopic (exact) mass is 234 g/mol. The van der Waals surface area contributed by atoms with Gasteiger partial charge in [0.15, 0.2) is 5.78 Å². The quantitative estimate of drug-likeness (QED) is 0.796. The third kappa shape index (κ3) is 3.70. The Morgan fingerprint density at radius 2 is 1.65 bits per heavy atom. The van der Waals surface area contributed by atoms with Crippen LogP contribution in [0.4, 0.5) is 0 Å². The van der Waals surface area contributed by atoms with E-state index in [0.717, 1.165) is 0 Å². The fourth-order valence-electron chi connectivity index (χ4n) is 1.54. The molecular formula is C14H18O3. The predicted octanol–water partition coefficient (Wildman–Crippen LogP) is 3.10. The first-order valence-corrected chi connectivity index (χ1v) is 5.77. The summed E-state index contributed by atoms with van der Waals surface area (Å²) in [6.07, 6.45) is 0.0519. The van der Waals surface area contributed by atoms with Crippen LogP contribution in [0.3, 0.4) is 0 Å². The Morgan fingerprint density at radius 3 is 2.06 bits per heavy atom. The van der Waals surface area contributed by atoms with Crippen LogP contribution in [0.25, 0.3) is 0 Å². The Bertz CT molecular complexity index is 404. The van der Waals surface area contributed by atoms with Crippen molar-refractivity contribution in [3.05, 3.63) is 35.4 Å². The van der Waals surface area contributed by atoms with E-state index >= 15 is 0 Å². The van der Waals surface area contributed by atoms with Gasteiger partial charge < -0.3 is 5.11 Å². The standard InChI is InChI=1S/C14H18O3/c1-9(2)11-4-6-12(7-5-11)13(15)8-10(3)14(16)17/h4-7,9-10H,8H2,1-3H3,(H,16,17). The predicted molar refractivity (Wildman–Crippen MR) is 66.3 cm³/mol. The molecule has 0 aliphatic rings. The van der Waals surface area contributed by atoms with E-state index in [0.29, 0.717) is 11.5 Å². The molecule has 1 N–H and O–H groups in total. The first-order valence-electron chi connectivity index (χ1n) is 5.77. The summed E-state index contributed by atoms with van der Waals surface area (Å²) in [6, 6.07) is 7.38. The molecule has 0 saturated carbocycles. The number of hydrogen-bond donors (Lipinski definition) is 1. The number of Topliss-reactive ketones (excluding diaryl/α,β-unsaturated/α-hetero) is 1. The summed E-state index contributed by atoms with van der Waals surface area (Å²) in [4.78, 5) is 22.4. The van der Waals surface area contributed by atoms with Crippen LogP contribution in [0.15, 0.2) is 24.3 Å². The van der Waals surface area contributed by atoms with Gasteiger partial charge in [-0.2, -0.15) is 0 Å². The Hall–Kier alpha value is -1.64. The fourth-order valence-corrected chi connectivity index (χ4v) is 1.54. The minimum absolute atomic E-state index is 0.0519. The smallest absolute Gasteiger partial charge is 0.306 e. The zero-order chi connectivity index (χ0) is 13.0. The Morgan fingerprint density at radius 1 is 1.12 bits per heavy atom. The molecule has 1 unspecified atom stereocenters. The molecular weight excluding hydrogens is 216 g/mol. The van der Waals surface area contributed by atoms with E-state index in [1.807, 2.05) is 12.1 Å². The largest absolute Gasteiger partial charge is 0.481 e. The number of carboxylic acids is 1. The fraction of sp³-hybridized carbons (Fsp3) is 0.429. The van der Waals surface area contributed by atoms with Gasteiger partial charge in [-0.05, 0) is 11.5 Å². The third-order valence-corrected chi connectivity index (χ3v) is 2.81. The van der Waals surface area contributed by atoms with Gasteiger partial charge >= 0.3 is 5.97 Å². The number of aliphatic carboxylic acids is 1. The zero-order valence-electron chi connectivity index (χ0n) is 10.4. The summed E-state index contributed by atoms with van der Waals surface area (Å²) in [5, 5.41) is 8.74. The number of carbonyl (C=O) groups excluding carboxylic acids is 1. The molecule has 0 saturated heterocycles. The van der Waals surface area contributed by atoms with Crippen LogP contribution in [0.5, 0.6) is 0 Å². The van der Waals surface area contributed by atoms with Gasteiger partial charge in [-0.3, -0.25) is 9.59 Å². The summed E-state index contributed by atoms with van der Waals surface area (Å²) in [5.74, 6) is -1.25. The van der Waals surface area contributed by atoms with Gasteiger partial charge in [-0.25, -0.2) is 0 Å². The SMILES string of the molecule is CC(CC(=O)c1ccc(C(C)C)cc1)C(=O)O. The van der Waals surface area contributed by atoms with E-state index in [-0.39, 0.29) is 12.2 Å². The number of benzene rings is 1. The first-order chi connectivity index (χ1) is 7.91. The molecule has 92 valence electrons. The summed E-state index contributed by atoms with van der Waals surface area (Å²) in [7, 11) is 0. The molecule has 3 heteroatoms. The van der Waals surface area contributed by atoms with Crippen LogP contribution in [-0.2, 0) is 4.79 Å². The van der Waals surface area contributed by atoms with Gasteiger partial charge in [0.05, 0.1) is 5.92 Å². The first kappa shape index (κ1) is 13.4. The maximum absolute atomic E-state index is 11.8. The van der Waals surface area contributed by atoms with Crippen molar-refractivity contribution in [1.29, 1.82) is 0 Å². The minimum Gasteiger partial charge on any atom is -0.481 e. The highest BCUT2D eigenvalue weighted by Gasteiger charge is 2.16.